The van der Waals surface area contributed by atoms with Crippen LogP contribution in [0.5, 0.6) is 23.0 Å². The lowest BCUT2D eigenvalue weighted by Crippen LogP contribution is -2.23. The molecule has 4 rings (SSSR count). The maximum absolute atomic E-state index is 12.7. The van der Waals surface area contributed by atoms with Gasteiger partial charge in [-0.2, -0.15) is 0 Å². The third-order valence-corrected chi connectivity index (χ3v) is 4.69. The first-order valence-electron chi connectivity index (χ1n) is 8.75. The molecule has 1 atom stereocenters. The highest BCUT2D eigenvalue weighted by molar-refractivity contribution is 5.93. The van der Waals surface area contributed by atoms with Crippen molar-refractivity contribution in [3.05, 3.63) is 58.9 Å². The predicted octanol–water partition coefficient (Wildman–Crippen LogP) is 3.79. The Bertz CT molecular complexity index is 913. The van der Waals surface area contributed by atoms with Gasteiger partial charge in [0.15, 0.2) is 11.5 Å². The highest BCUT2D eigenvalue weighted by Gasteiger charge is 2.36. The maximum Gasteiger partial charge on any atom is 0.338 e. The molecule has 0 spiro atoms. The summed E-state index contributed by atoms with van der Waals surface area (Å²) in [5.74, 6) is 2.45. The number of allylic oxidation sites excluding steroid dienone is 1. The summed E-state index contributed by atoms with van der Waals surface area (Å²) in [5, 5.41) is 0. The van der Waals surface area contributed by atoms with E-state index in [0.717, 1.165) is 16.9 Å². The van der Waals surface area contributed by atoms with E-state index in [9.17, 15) is 4.79 Å². The zero-order valence-electron chi connectivity index (χ0n) is 15.4. The molecule has 2 aliphatic heterocycles. The first-order valence-corrected chi connectivity index (χ1v) is 8.75. The summed E-state index contributed by atoms with van der Waals surface area (Å²) in [6, 6.07) is 11.3. The summed E-state index contributed by atoms with van der Waals surface area (Å²) in [5.41, 5.74) is 2.24. The number of fused-ring (bicyclic) bond motifs is 2. The molecule has 140 valence electrons. The molecule has 0 N–H and O–H groups in total. The monoisotopic (exact) mass is 368 g/mol. The average Bonchev–Trinajstić information content (AvgIpc) is 3.13. The van der Waals surface area contributed by atoms with E-state index in [-0.39, 0.29) is 18.7 Å². The van der Waals surface area contributed by atoms with Crippen LogP contribution in [-0.2, 0) is 9.53 Å². The van der Waals surface area contributed by atoms with Crippen LogP contribution in [0.2, 0.25) is 0 Å². The van der Waals surface area contributed by atoms with Crippen LogP contribution in [0.3, 0.4) is 0 Å². The number of esters is 1. The van der Waals surface area contributed by atoms with Crippen molar-refractivity contribution in [1.82, 2.24) is 0 Å². The van der Waals surface area contributed by atoms with E-state index in [4.69, 9.17) is 23.7 Å². The second kappa shape index (κ2) is 6.87. The lowest BCUT2D eigenvalue weighted by Gasteiger charge is -2.29. The molecule has 0 amide bonds. The quantitative estimate of drug-likeness (QED) is 0.765. The van der Waals surface area contributed by atoms with Crippen LogP contribution in [0.25, 0.3) is 0 Å². The zero-order chi connectivity index (χ0) is 19.0. The van der Waals surface area contributed by atoms with E-state index in [1.807, 2.05) is 30.3 Å². The van der Waals surface area contributed by atoms with Gasteiger partial charge < -0.3 is 23.7 Å². The topological polar surface area (TPSA) is 63.2 Å². The van der Waals surface area contributed by atoms with E-state index in [1.54, 1.807) is 27.0 Å². The molecule has 0 fully saturated rings. The largest absolute Gasteiger partial charge is 0.497 e. The molecule has 0 bridgehead atoms. The van der Waals surface area contributed by atoms with Crippen LogP contribution in [0.15, 0.2) is 47.7 Å². The molecule has 27 heavy (non-hydrogen) atoms. The molecule has 2 aliphatic rings. The minimum atomic E-state index is -0.390. The Hall–Kier alpha value is -3.15. The van der Waals surface area contributed by atoms with Crippen molar-refractivity contribution in [3.63, 3.8) is 0 Å². The molecule has 0 aliphatic carbocycles. The van der Waals surface area contributed by atoms with E-state index >= 15 is 0 Å². The SMILES string of the molecule is CCOC(=O)C1=C(C)Oc2cc3c(cc2C1c1ccc(OC)cc1)OCO3. The molecule has 0 saturated carbocycles. The molecule has 2 aromatic rings. The predicted molar refractivity (Wildman–Crippen MR) is 97.4 cm³/mol. The Labute approximate surface area is 157 Å². The van der Waals surface area contributed by atoms with E-state index in [1.165, 1.54) is 0 Å². The first-order chi connectivity index (χ1) is 13.1. The van der Waals surface area contributed by atoms with Gasteiger partial charge in [0.1, 0.15) is 17.3 Å². The fraction of sp³-hybridized carbons (Fsp3) is 0.286. The fourth-order valence-electron chi connectivity index (χ4n) is 3.44. The van der Waals surface area contributed by atoms with Crippen molar-refractivity contribution in [3.8, 4) is 23.0 Å². The summed E-state index contributed by atoms with van der Waals surface area (Å²) >= 11 is 0. The van der Waals surface area contributed by atoms with Gasteiger partial charge >= 0.3 is 5.97 Å². The van der Waals surface area contributed by atoms with Crippen molar-refractivity contribution in [2.75, 3.05) is 20.5 Å². The molecule has 0 radical (unpaired) electrons. The zero-order valence-corrected chi connectivity index (χ0v) is 15.4. The van der Waals surface area contributed by atoms with Gasteiger partial charge in [-0.25, -0.2) is 4.79 Å². The molecule has 1 unspecified atom stereocenters. The Morgan fingerprint density at radius 2 is 1.81 bits per heavy atom. The van der Waals surface area contributed by atoms with Crippen molar-refractivity contribution < 1.29 is 28.5 Å². The summed E-state index contributed by atoms with van der Waals surface area (Å²) in [7, 11) is 1.62. The summed E-state index contributed by atoms with van der Waals surface area (Å²) in [4.78, 5) is 12.7. The molecular formula is C21H20O6. The van der Waals surface area contributed by atoms with Gasteiger partial charge in [-0.3, -0.25) is 0 Å². The highest BCUT2D eigenvalue weighted by Crippen LogP contribution is 2.49. The van der Waals surface area contributed by atoms with Crippen LogP contribution in [-0.4, -0.2) is 26.5 Å². The standard InChI is InChI=1S/C21H20O6/c1-4-24-21(22)19-12(2)27-16-10-18-17(25-11-26-18)9-15(16)20(19)13-5-7-14(23-3)8-6-13/h5-10,20H,4,11H2,1-3H3. The van der Waals surface area contributed by atoms with Gasteiger partial charge in [-0.05, 0) is 37.6 Å². The molecule has 2 heterocycles. The molecule has 6 heteroatoms. The summed E-state index contributed by atoms with van der Waals surface area (Å²) < 4.78 is 27.5. The second-order valence-corrected chi connectivity index (χ2v) is 6.24. The van der Waals surface area contributed by atoms with Gasteiger partial charge in [-0.15, -0.1) is 0 Å². The first kappa shape index (κ1) is 17.3. The third-order valence-electron chi connectivity index (χ3n) is 4.69. The normalized spacial score (nSPS) is 17.2. The van der Waals surface area contributed by atoms with Crippen molar-refractivity contribution >= 4 is 5.97 Å². The van der Waals surface area contributed by atoms with E-state index in [2.05, 4.69) is 0 Å². The Kier molecular flexibility index (Phi) is 4.39. The lowest BCUT2D eigenvalue weighted by atomic mass is 9.82. The molecule has 0 aromatic heterocycles. The molecule has 6 nitrogen and oxygen atoms in total. The van der Waals surface area contributed by atoms with Crippen LogP contribution < -0.4 is 18.9 Å². The van der Waals surface area contributed by atoms with E-state index < -0.39 is 0 Å². The summed E-state index contributed by atoms with van der Waals surface area (Å²) in [6.07, 6.45) is 0. The van der Waals surface area contributed by atoms with Gasteiger partial charge in [0.2, 0.25) is 6.79 Å². The average molecular weight is 368 g/mol. The number of methoxy groups -OCH3 is 1. The number of carbonyl (C=O) groups excluding carboxylic acids is 1. The van der Waals surface area contributed by atoms with Crippen molar-refractivity contribution in [1.29, 1.82) is 0 Å². The molecule has 2 aromatic carbocycles. The number of ether oxygens (including phenoxy) is 5. The van der Waals surface area contributed by atoms with Crippen molar-refractivity contribution in [2.45, 2.75) is 19.8 Å². The fourth-order valence-corrected chi connectivity index (χ4v) is 3.44. The number of carbonyl (C=O) groups is 1. The molecule has 0 saturated heterocycles. The number of benzene rings is 2. The summed E-state index contributed by atoms with van der Waals surface area (Å²) in [6.45, 7) is 4.02. The van der Waals surface area contributed by atoms with Gasteiger partial charge in [0.25, 0.3) is 0 Å². The minimum absolute atomic E-state index is 0.169. The van der Waals surface area contributed by atoms with Crippen molar-refractivity contribution in [2.24, 2.45) is 0 Å². The Morgan fingerprint density at radius 1 is 1.11 bits per heavy atom. The van der Waals surface area contributed by atoms with Crippen LogP contribution >= 0.6 is 0 Å². The maximum atomic E-state index is 12.7. The Morgan fingerprint density at radius 3 is 2.48 bits per heavy atom. The van der Waals surface area contributed by atoms with Crippen LogP contribution in [0, 0.1) is 0 Å². The highest BCUT2D eigenvalue weighted by atomic mass is 16.7. The minimum Gasteiger partial charge on any atom is -0.497 e. The Balaban J connectivity index is 1.87. The second-order valence-electron chi connectivity index (χ2n) is 6.24. The smallest absolute Gasteiger partial charge is 0.338 e. The number of hydrogen-bond acceptors (Lipinski definition) is 6. The van der Waals surface area contributed by atoms with Crippen LogP contribution in [0.1, 0.15) is 30.9 Å². The van der Waals surface area contributed by atoms with Gasteiger partial charge in [0.05, 0.1) is 19.3 Å². The molecular weight excluding hydrogens is 348 g/mol. The lowest BCUT2D eigenvalue weighted by molar-refractivity contribution is -0.139. The van der Waals surface area contributed by atoms with E-state index in [0.29, 0.717) is 35.2 Å². The number of hydrogen-bond donors (Lipinski definition) is 0. The third kappa shape index (κ3) is 2.97. The van der Waals surface area contributed by atoms with Crippen LogP contribution in [0.4, 0.5) is 0 Å². The van der Waals surface area contributed by atoms with Gasteiger partial charge in [0, 0.05) is 17.5 Å². The number of rotatable bonds is 4. The van der Waals surface area contributed by atoms with Gasteiger partial charge in [-0.1, -0.05) is 12.1 Å².